The maximum atomic E-state index is 6.16. The second-order valence-electron chi connectivity index (χ2n) is 7.15. The van der Waals surface area contributed by atoms with Crippen LogP contribution in [0.5, 0.6) is 0 Å². The molecule has 2 aromatic heterocycles. The van der Waals surface area contributed by atoms with Crippen LogP contribution in [-0.4, -0.2) is 25.4 Å². The number of benzene rings is 1. The van der Waals surface area contributed by atoms with Crippen LogP contribution in [-0.2, 0) is 6.54 Å². The Labute approximate surface area is 172 Å². The number of aryl methyl sites for hydroxylation is 1. The zero-order chi connectivity index (χ0) is 17.2. The van der Waals surface area contributed by atoms with E-state index in [4.69, 9.17) is 5.73 Å². The molecule has 3 aromatic rings. The minimum absolute atomic E-state index is 0. The zero-order valence-electron chi connectivity index (χ0n) is 15.5. The molecule has 0 aliphatic heterocycles. The molecule has 146 valence electrons. The summed E-state index contributed by atoms with van der Waals surface area (Å²) >= 11 is 0. The fourth-order valence-electron chi connectivity index (χ4n) is 3.94. The molecular formula is C20H27Cl2N5. The third kappa shape index (κ3) is 4.72. The number of nitrogens with two attached hydrogens (primary N) is 1. The summed E-state index contributed by atoms with van der Waals surface area (Å²) in [6.45, 7) is 3.14. The smallest absolute Gasteiger partial charge is 0.140 e. The van der Waals surface area contributed by atoms with Gasteiger partial charge in [0.15, 0.2) is 0 Å². The van der Waals surface area contributed by atoms with Crippen LogP contribution >= 0.6 is 24.8 Å². The molecular weight excluding hydrogens is 381 g/mol. The minimum atomic E-state index is 0. The van der Waals surface area contributed by atoms with Crippen molar-refractivity contribution in [2.24, 2.45) is 11.7 Å². The van der Waals surface area contributed by atoms with Crippen molar-refractivity contribution in [3.63, 3.8) is 0 Å². The van der Waals surface area contributed by atoms with Gasteiger partial charge in [0.2, 0.25) is 0 Å². The molecule has 1 aliphatic carbocycles. The number of hydrogen-bond donors (Lipinski definition) is 1. The third-order valence-electron chi connectivity index (χ3n) is 5.21. The normalized spacial score (nSPS) is 19.2. The highest BCUT2D eigenvalue weighted by molar-refractivity contribution is 5.85. The molecule has 0 spiro atoms. The van der Waals surface area contributed by atoms with Gasteiger partial charge in [-0.05, 0) is 61.9 Å². The SMILES string of the molecule is Cc1cc(-n2cccn2)ccc1-c1nccn1C[C@H]1CCC[C@@H](N)C1.Cl.Cl. The number of hydrogen-bond acceptors (Lipinski definition) is 3. The maximum Gasteiger partial charge on any atom is 0.140 e. The molecule has 27 heavy (non-hydrogen) atoms. The molecule has 1 fully saturated rings. The molecule has 1 saturated carbocycles. The van der Waals surface area contributed by atoms with E-state index in [2.05, 4.69) is 46.0 Å². The van der Waals surface area contributed by atoms with Gasteiger partial charge in [-0.1, -0.05) is 6.42 Å². The number of imidazole rings is 1. The fourth-order valence-corrected chi connectivity index (χ4v) is 3.94. The number of rotatable bonds is 4. The first-order valence-electron chi connectivity index (χ1n) is 9.08. The highest BCUT2D eigenvalue weighted by atomic mass is 35.5. The van der Waals surface area contributed by atoms with Crippen molar-refractivity contribution in [2.45, 2.75) is 45.2 Å². The number of nitrogens with zero attached hydrogens (tertiary/aromatic N) is 4. The highest BCUT2D eigenvalue weighted by Crippen LogP contribution is 2.28. The maximum absolute atomic E-state index is 6.16. The van der Waals surface area contributed by atoms with E-state index >= 15 is 0 Å². The first-order chi connectivity index (χ1) is 12.2. The van der Waals surface area contributed by atoms with Crippen LogP contribution in [0.3, 0.4) is 0 Å². The van der Waals surface area contributed by atoms with Crippen molar-refractivity contribution in [2.75, 3.05) is 0 Å². The Morgan fingerprint density at radius 3 is 2.70 bits per heavy atom. The standard InChI is InChI=1S/C20H25N5.2ClH/c1-15-12-18(25-10-3-8-23-25)6-7-19(15)20-22-9-11-24(20)14-16-4-2-5-17(21)13-16;;/h3,6-12,16-17H,2,4-5,13-14,21H2,1H3;2*1H/t16-,17+;;/m0../s1. The summed E-state index contributed by atoms with van der Waals surface area (Å²) in [5, 5.41) is 4.31. The topological polar surface area (TPSA) is 61.7 Å². The molecule has 0 radical (unpaired) electrons. The quantitative estimate of drug-likeness (QED) is 0.696. The summed E-state index contributed by atoms with van der Waals surface area (Å²) in [5.41, 5.74) is 9.62. The van der Waals surface area contributed by atoms with Crippen LogP contribution in [0.15, 0.2) is 49.1 Å². The summed E-state index contributed by atoms with van der Waals surface area (Å²) in [6, 6.07) is 8.71. The van der Waals surface area contributed by atoms with Gasteiger partial charge in [-0.2, -0.15) is 5.10 Å². The Kier molecular flexibility index (Phi) is 7.48. The van der Waals surface area contributed by atoms with E-state index in [1.807, 2.05) is 23.1 Å². The van der Waals surface area contributed by atoms with Gasteiger partial charge in [0.05, 0.1) is 5.69 Å². The highest BCUT2D eigenvalue weighted by Gasteiger charge is 2.21. The van der Waals surface area contributed by atoms with Gasteiger partial charge in [0.25, 0.3) is 0 Å². The Bertz CT molecular complexity index is 844. The molecule has 2 atom stereocenters. The van der Waals surface area contributed by atoms with Gasteiger partial charge < -0.3 is 10.3 Å². The Morgan fingerprint density at radius 2 is 2.00 bits per heavy atom. The molecule has 1 aromatic carbocycles. The van der Waals surface area contributed by atoms with E-state index in [0.29, 0.717) is 12.0 Å². The Morgan fingerprint density at radius 1 is 1.15 bits per heavy atom. The lowest BCUT2D eigenvalue weighted by Gasteiger charge is -2.27. The summed E-state index contributed by atoms with van der Waals surface area (Å²) in [7, 11) is 0. The second-order valence-corrected chi connectivity index (χ2v) is 7.15. The van der Waals surface area contributed by atoms with E-state index in [1.54, 1.807) is 6.20 Å². The van der Waals surface area contributed by atoms with E-state index < -0.39 is 0 Å². The molecule has 2 N–H and O–H groups in total. The fraction of sp³-hybridized carbons (Fsp3) is 0.400. The summed E-state index contributed by atoms with van der Waals surface area (Å²) < 4.78 is 4.17. The lowest BCUT2D eigenvalue weighted by atomic mass is 9.86. The third-order valence-corrected chi connectivity index (χ3v) is 5.21. The number of aromatic nitrogens is 4. The van der Waals surface area contributed by atoms with Crippen molar-refractivity contribution in [3.05, 3.63) is 54.6 Å². The van der Waals surface area contributed by atoms with Gasteiger partial charge in [-0.3, -0.25) is 0 Å². The van der Waals surface area contributed by atoms with Gasteiger partial charge in [0.1, 0.15) is 5.82 Å². The molecule has 0 amide bonds. The monoisotopic (exact) mass is 407 g/mol. The van der Waals surface area contributed by atoms with Crippen LogP contribution in [0.4, 0.5) is 0 Å². The average molecular weight is 408 g/mol. The van der Waals surface area contributed by atoms with Crippen molar-refractivity contribution < 1.29 is 0 Å². The molecule has 5 nitrogen and oxygen atoms in total. The molecule has 7 heteroatoms. The molecule has 2 heterocycles. The second kappa shape index (κ2) is 9.40. The predicted octanol–water partition coefficient (Wildman–Crippen LogP) is 4.41. The van der Waals surface area contributed by atoms with E-state index in [-0.39, 0.29) is 24.8 Å². The van der Waals surface area contributed by atoms with Crippen LogP contribution in [0.1, 0.15) is 31.2 Å². The summed E-state index contributed by atoms with van der Waals surface area (Å²) in [4.78, 5) is 4.63. The Balaban J connectivity index is 0.00000131. The summed E-state index contributed by atoms with van der Waals surface area (Å²) in [5.74, 6) is 1.70. The van der Waals surface area contributed by atoms with Crippen molar-refractivity contribution >= 4 is 24.8 Å². The zero-order valence-corrected chi connectivity index (χ0v) is 17.1. The van der Waals surface area contributed by atoms with E-state index in [0.717, 1.165) is 24.5 Å². The van der Waals surface area contributed by atoms with Crippen LogP contribution in [0, 0.1) is 12.8 Å². The number of halogens is 2. The largest absolute Gasteiger partial charge is 0.331 e. The van der Waals surface area contributed by atoms with E-state index in [9.17, 15) is 0 Å². The minimum Gasteiger partial charge on any atom is -0.331 e. The first-order valence-corrected chi connectivity index (χ1v) is 9.08. The molecule has 0 bridgehead atoms. The molecule has 1 aliphatic rings. The van der Waals surface area contributed by atoms with Crippen LogP contribution in [0.2, 0.25) is 0 Å². The van der Waals surface area contributed by atoms with Crippen molar-refractivity contribution in [1.82, 2.24) is 19.3 Å². The van der Waals surface area contributed by atoms with Crippen molar-refractivity contribution in [1.29, 1.82) is 0 Å². The predicted molar refractivity (Wildman–Crippen MR) is 114 cm³/mol. The van der Waals surface area contributed by atoms with Gasteiger partial charge in [-0.15, -0.1) is 24.8 Å². The van der Waals surface area contributed by atoms with E-state index in [1.165, 1.54) is 30.4 Å². The Hall–Kier alpha value is -1.82. The van der Waals surface area contributed by atoms with Gasteiger partial charge in [-0.25, -0.2) is 9.67 Å². The lowest BCUT2D eigenvalue weighted by Crippen LogP contribution is -2.29. The van der Waals surface area contributed by atoms with Crippen molar-refractivity contribution in [3.8, 4) is 17.1 Å². The van der Waals surface area contributed by atoms with Crippen LogP contribution in [0.25, 0.3) is 17.1 Å². The van der Waals surface area contributed by atoms with Gasteiger partial charge >= 0.3 is 0 Å². The molecule has 0 saturated heterocycles. The first kappa shape index (κ1) is 21.5. The van der Waals surface area contributed by atoms with Crippen LogP contribution < -0.4 is 5.73 Å². The average Bonchev–Trinajstić information content (AvgIpc) is 3.27. The molecule has 4 rings (SSSR count). The van der Waals surface area contributed by atoms with Gasteiger partial charge in [0, 0.05) is 42.9 Å². The summed E-state index contributed by atoms with van der Waals surface area (Å²) in [6.07, 6.45) is 12.5. The lowest BCUT2D eigenvalue weighted by molar-refractivity contribution is 0.291. The molecule has 0 unspecified atom stereocenters.